The maximum absolute atomic E-state index is 12.8. The molecule has 0 aromatic heterocycles. The van der Waals surface area contributed by atoms with Gasteiger partial charge in [-0.3, -0.25) is 0 Å². The Morgan fingerprint density at radius 1 is 1.16 bits per heavy atom. The van der Waals surface area contributed by atoms with Gasteiger partial charge in [-0.1, -0.05) is 41.9 Å². The number of ether oxygens (including phenoxy) is 1. The zero-order chi connectivity index (χ0) is 19.4. The van der Waals surface area contributed by atoms with E-state index in [0.29, 0.717) is 0 Å². The minimum Gasteiger partial charge on any atom is -0.444 e. The van der Waals surface area contributed by atoms with E-state index < -0.39 is 32.8 Å². The van der Waals surface area contributed by atoms with Gasteiger partial charge in [-0.15, -0.1) is 0 Å². The van der Waals surface area contributed by atoms with Crippen LogP contribution in [0.25, 0.3) is 0 Å². The molecule has 0 heterocycles. The average Bonchev–Trinajstić information content (AvgIpc) is 2.44. The van der Waals surface area contributed by atoms with Crippen molar-refractivity contribution in [2.45, 2.75) is 58.4 Å². The fourth-order valence-corrected chi connectivity index (χ4v) is 4.29. The van der Waals surface area contributed by atoms with Crippen molar-refractivity contribution in [2.24, 2.45) is 5.92 Å². The molecule has 1 amide bonds. The van der Waals surface area contributed by atoms with Crippen LogP contribution in [0.1, 0.15) is 52.4 Å². The first-order chi connectivity index (χ1) is 11.3. The van der Waals surface area contributed by atoms with E-state index >= 15 is 0 Å². The number of carbonyl (C=O) groups excluding carboxylic acids is 1. The van der Waals surface area contributed by atoms with Crippen molar-refractivity contribution in [3.8, 4) is 0 Å². The van der Waals surface area contributed by atoms with Gasteiger partial charge in [-0.2, -0.15) is 0 Å². The third-order valence-electron chi connectivity index (χ3n) is 3.80. The lowest BCUT2D eigenvalue weighted by Crippen LogP contribution is -2.45. The van der Waals surface area contributed by atoms with E-state index in [-0.39, 0.29) is 11.7 Å². The van der Waals surface area contributed by atoms with E-state index in [9.17, 15) is 13.2 Å². The number of amides is 1. The summed E-state index contributed by atoms with van der Waals surface area (Å²) in [6.07, 6.45) is -0.599. The van der Waals surface area contributed by atoms with Crippen LogP contribution in [0.4, 0.5) is 4.79 Å². The summed E-state index contributed by atoms with van der Waals surface area (Å²) >= 11 is 3.34. The Balaban J connectivity index is 2.88. The van der Waals surface area contributed by atoms with Crippen LogP contribution in [0.15, 0.2) is 28.7 Å². The van der Waals surface area contributed by atoms with Crippen LogP contribution in [-0.4, -0.2) is 31.9 Å². The summed E-state index contributed by atoms with van der Waals surface area (Å²) in [5.74, 6) is -0.180. The fraction of sp³-hybridized carbons (Fsp3) is 0.611. The molecule has 1 rings (SSSR count). The van der Waals surface area contributed by atoms with Gasteiger partial charge in [-0.05, 0) is 51.3 Å². The van der Waals surface area contributed by atoms with Crippen molar-refractivity contribution in [2.75, 3.05) is 5.75 Å². The van der Waals surface area contributed by atoms with Crippen molar-refractivity contribution < 1.29 is 17.9 Å². The van der Waals surface area contributed by atoms with Crippen LogP contribution in [0.3, 0.4) is 0 Å². The number of hydrogen-bond acceptors (Lipinski definition) is 4. The van der Waals surface area contributed by atoms with E-state index in [0.717, 1.165) is 10.0 Å². The SMILES string of the molecule is CC(C)C(CS(=O)(=O)C(C)c1ccc(Br)cc1)NC(=O)OC(C)(C)C. The third kappa shape index (κ3) is 7.36. The van der Waals surface area contributed by atoms with E-state index in [1.165, 1.54) is 0 Å². The van der Waals surface area contributed by atoms with Crippen LogP contribution >= 0.6 is 15.9 Å². The van der Waals surface area contributed by atoms with Crippen molar-refractivity contribution in [1.82, 2.24) is 5.32 Å². The molecular weight excluding hydrogens is 406 g/mol. The Hall–Kier alpha value is -1.08. The summed E-state index contributed by atoms with van der Waals surface area (Å²) in [5, 5.41) is 2.05. The number of hydrogen-bond donors (Lipinski definition) is 1. The van der Waals surface area contributed by atoms with Gasteiger partial charge in [0.15, 0.2) is 9.84 Å². The minimum atomic E-state index is -3.45. The zero-order valence-electron chi connectivity index (χ0n) is 15.7. The van der Waals surface area contributed by atoms with E-state index in [1.807, 2.05) is 26.0 Å². The number of carbonyl (C=O) groups is 1. The molecule has 1 aromatic rings. The van der Waals surface area contributed by atoms with Crippen molar-refractivity contribution in [1.29, 1.82) is 0 Å². The molecule has 0 spiro atoms. The molecule has 7 heteroatoms. The van der Waals surface area contributed by atoms with Gasteiger partial charge < -0.3 is 10.1 Å². The third-order valence-corrected chi connectivity index (χ3v) is 6.50. The first-order valence-electron chi connectivity index (χ1n) is 8.28. The van der Waals surface area contributed by atoms with Gasteiger partial charge in [0, 0.05) is 10.5 Å². The largest absolute Gasteiger partial charge is 0.444 e. The highest BCUT2D eigenvalue weighted by Gasteiger charge is 2.30. The summed E-state index contributed by atoms with van der Waals surface area (Å²) in [4.78, 5) is 12.0. The molecule has 142 valence electrons. The second-order valence-corrected chi connectivity index (χ2v) is 10.8. The summed E-state index contributed by atoms with van der Waals surface area (Å²) in [6, 6.07) is 6.70. The molecular formula is C18H28BrNO4S. The first-order valence-corrected chi connectivity index (χ1v) is 10.8. The molecule has 1 aromatic carbocycles. The molecule has 1 N–H and O–H groups in total. The topological polar surface area (TPSA) is 72.5 Å². The number of benzene rings is 1. The van der Waals surface area contributed by atoms with Crippen LogP contribution in [-0.2, 0) is 14.6 Å². The summed E-state index contributed by atoms with van der Waals surface area (Å²) in [5.41, 5.74) is 0.0952. The lowest BCUT2D eigenvalue weighted by Gasteiger charge is -2.26. The quantitative estimate of drug-likeness (QED) is 0.717. The van der Waals surface area contributed by atoms with Gasteiger partial charge in [0.2, 0.25) is 0 Å². The fourth-order valence-electron chi connectivity index (χ4n) is 2.20. The van der Waals surface area contributed by atoms with Gasteiger partial charge in [0.1, 0.15) is 5.60 Å². The van der Waals surface area contributed by atoms with Crippen LogP contribution in [0, 0.1) is 5.92 Å². The molecule has 0 radical (unpaired) electrons. The lowest BCUT2D eigenvalue weighted by molar-refractivity contribution is 0.0497. The van der Waals surface area contributed by atoms with E-state index in [2.05, 4.69) is 21.2 Å². The highest BCUT2D eigenvalue weighted by Crippen LogP contribution is 2.25. The highest BCUT2D eigenvalue weighted by atomic mass is 79.9. The van der Waals surface area contributed by atoms with Gasteiger partial charge >= 0.3 is 6.09 Å². The maximum Gasteiger partial charge on any atom is 0.407 e. The van der Waals surface area contributed by atoms with Gasteiger partial charge in [0.05, 0.1) is 11.0 Å². The molecule has 0 aliphatic heterocycles. The number of sulfone groups is 1. The molecule has 0 saturated heterocycles. The second-order valence-electron chi connectivity index (χ2n) is 7.52. The second kappa shape index (κ2) is 8.54. The monoisotopic (exact) mass is 433 g/mol. The summed E-state index contributed by atoms with van der Waals surface area (Å²) in [6.45, 7) is 10.7. The van der Waals surface area contributed by atoms with E-state index in [1.54, 1.807) is 39.8 Å². The first kappa shape index (κ1) is 22.0. The van der Waals surface area contributed by atoms with Crippen LogP contribution in [0.2, 0.25) is 0 Å². The summed E-state index contributed by atoms with van der Waals surface area (Å²) < 4.78 is 31.7. The van der Waals surface area contributed by atoms with E-state index in [4.69, 9.17) is 4.74 Å². The van der Waals surface area contributed by atoms with Crippen molar-refractivity contribution in [3.63, 3.8) is 0 Å². The maximum atomic E-state index is 12.8. The zero-order valence-corrected chi connectivity index (χ0v) is 18.1. The molecule has 0 aliphatic rings. The van der Waals surface area contributed by atoms with Gasteiger partial charge in [0.25, 0.3) is 0 Å². The average molecular weight is 434 g/mol. The number of alkyl carbamates (subject to hydrolysis) is 1. The Labute approximate surface area is 159 Å². The molecule has 0 bridgehead atoms. The Bertz CT molecular complexity index is 678. The minimum absolute atomic E-state index is 0.0422. The number of nitrogens with one attached hydrogen (secondary N) is 1. The highest BCUT2D eigenvalue weighted by molar-refractivity contribution is 9.10. The molecule has 2 atom stereocenters. The molecule has 5 nitrogen and oxygen atoms in total. The molecule has 2 unspecified atom stereocenters. The Morgan fingerprint density at radius 2 is 1.68 bits per heavy atom. The van der Waals surface area contributed by atoms with Crippen LogP contribution < -0.4 is 5.32 Å². The predicted molar refractivity (Wildman–Crippen MR) is 104 cm³/mol. The number of rotatable bonds is 6. The van der Waals surface area contributed by atoms with Crippen LogP contribution in [0.5, 0.6) is 0 Å². The molecule has 0 saturated carbocycles. The Kier molecular flexibility index (Phi) is 7.50. The summed E-state index contributed by atoms with van der Waals surface area (Å²) in [7, 11) is -3.45. The smallest absolute Gasteiger partial charge is 0.407 e. The Morgan fingerprint density at radius 3 is 2.12 bits per heavy atom. The van der Waals surface area contributed by atoms with Crippen molar-refractivity contribution >= 4 is 31.9 Å². The lowest BCUT2D eigenvalue weighted by atomic mass is 10.1. The molecule has 25 heavy (non-hydrogen) atoms. The standard InChI is InChI=1S/C18H28BrNO4S/c1-12(2)16(20-17(21)24-18(4,5)6)11-25(22,23)13(3)14-7-9-15(19)10-8-14/h7-10,12-13,16H,11H2,1-6H3,(H,20,21). The molecule has 0 aliphatic carbocycles. The molecule has 0 fully saturated rings. The predicted octanol–water partition coefficient (Wildman–Crippen LogP) is 4.47. The van der Waals surface area contributed by atoms with Gasteiger partial charge in [-0.25, -0.2) is 13.2 Å². The normalized spacial score (nSPS) is 14.9. The van der Waals surface area contributed by atoms with Crippen molar-refractivity contribution in [3.05, 3.63) is 34.3 Å². The number of halogens is 1.